The number of thiophene rings is 1. The molecule has 0 saturated carbocycles. The second-order valence-electron chi connectivity index (χ2n) is 7.31. The Balaban J connectivity index is 1.66. The van der Waals surface area contributed by atoms with Gasteiger partial charge in [-0.2, -0.15) is 5.10 Å². The summed E-state index contributed by atoms with van der Waals surface area (Å²) in [6, 6.07) is 12.5. The number of carbonyl (C=O) groups excluding carboxylic acids is 1. The van der Waals surface area contributed by atoms with E-state index in [0.717, 1.165) is 5.00 Å². The summed E-state index contributed by atoms with van der Waals surface area (Å²) >= 11 is 1.42. The van der Waals surface area contributed by atoms with E-state index in [4.69, 9.17) is 0 Å². The molecule has 0 bridgehead atoms. The zero-order valence-electron chi connectivity index (χ0n) is 16.5. The van der Waals surface area contributed by atoms with Gasteiger partial charge in [-0.3, -0.25) is 4.79 Å². The molecule has 0 amide bonds. The first kappa shape index (κ1) is 20.7. The van der Waals surface area contributed by atoms with Gasteiger partial charge in [-0.25, -0.2) is 26.8 Å². The van der Waals surface area contributed by atoms with Crippen LogP contribution in [0.4, 0.5) is 0 Å². The van der Waals surface area contributed by atoms with Crippen molar-refractivity contribution < 1.29 is 13.2 Å². The van der Waals surface area contributed by atoms with Crippen LogP contribution < -0.4 is 5.69 Å². The standard InChI is InChI=1S/C20H22N4O4S2/c1-30(27,28)22-11-9-16(10-12-22)19-21-23(14-17(25)15-6-3-2-4-7-15)20(26)24(19)18-8-5-13-29-18/h2-8,13,16H,9-12,14H2,1H3. The number of piperidine rings is 1. The average Bonchev–Trinajstić information content (AvgIpc) is 3.36. The molecule has 158 valence electrons. The lowest BCUT2D eigenvalue weighted by molar-refractivity contribution is 0.0966. The Morgan fingerprint density at radius 3 is 2.43 bits per heavy atom. The molecular weight excluding hydrogens is 424 g/mol. The van der Waals surface area contributed by atoms with Gasteiger partial charge in [-0.1, -0.05) is 30.3 Å². The van der Waals surface area contributed by atoms with E-state index >= 15 is 0 Å². The average molecular weight is 447 g/mol. The molecule has 30 heavy (non-hydrogen) atoms. The number of hydrogen-bond donors (Lipinski definition) is 0. The van der Waals surface area contributed by atoms with Crippen LogP contribution in [0.25, 0.3) is 5.00 Å². The van der Waals surface area contributed by atoms with Crippen molar-refractivity contribution in [1.82, 2.24) is 18.7 Å². The molecule has 3 heterocycles. The molecule has 0 radical (unpaired) electrons. The van der Waals surface area contributed by atoms with E-state index in [1.807, 2.05) is 23.6 Å². The normalized spacial score (nSPS) is 16.0. The molecule has 0 atom stereocenters. The van der Waals surface area contributed by atoms with Crippen molar-refractivity contribution in [3.05, 3.63) is 69.7 Å². The summed E-state index contributed by atoms with van der Waals surface area (Å²) < 4.78 is 27.9. The molecule has 0 aliphatic carbocycles. The zero-order valence-corrected chi connectivity index (χ0v) is 18.1. The highest BCUT2D eigenvalue weighted by Gasteiger charge is 2.30. The van der Waals surface area contributed by atoms with Crippen LogP contribution in [0.5, 0.6) is 0 Å². The van der Waals surface area contributed by atoms with Crippen LogP contribution >= 0.6 is 11.3 Å². The van der Waals surface area contributed by atoms with E-state index in [1.54, 1.807) is 28.8 Å². The molecule has 1 aromatic carbocycles. The van der Waals surface area contributed by atoms with Crippen molar-refractivity contribution in [3.63, 3.8) is 0 Å². The van der Waals surface area contributed by atoms with E-state index in [1.165, 1.54) is 26.6 Å². The number of carbonyl (C=O) groups is 1. The maximum atomic E-state index is 13.1. The van der Waals surface area contributed by atoms with Gasteiger partial charge in [0.15, 0.2) is 5.78 Å². The number of hydrogen-bond acceptors (Lipinski definition) is 6. The Labute approximate surface area is 178 Å². The highest BCUT2D eigenvalue weighted by Crippen LogP contribution is 2.29. The number of ketones is 1. The fourth-order valence-corrected chi connectivity index (χ4v) is 5.30. The van der Waals surface area contributed by atoms with Crippen LogP contribution in [0.15, 0.2) is 52.6 Å². The van der Waals surface area contributed by atoms with Crippen molar-refractivity contribution >= 4 is 27.1 Å². The minimum atomic E-state index is -3.24. The predicted octanol–water partition coefficient (Wildman–Crippen LogP) is 2.12. The van der Waals surface area contributed by atoms with Gasteiger partial charge in [0.05, 0.1) is 6.26 Å². The summed E-state index contributed by atoms with van der Waals surface area (Å²) in [5.74, 6) is 0.328. The molecule has 1 saturated heterocycles. The first-order valence-corrected chi connectivity index (χ1v) is 12.3. The molecule has 2 aromatic heterocycles. The summed E-state index contributed by atoms with van der Waals surface area (Å²) in [6.45, 7) is 0.631. The summed E-state index contributed by atoms with van der Waals surface area (Å²) in [6.07, 6.45) is 2.35. The van der Waals surface area contributed by atoms with E-state index in [9.17, 15) is 18.0 Å². The minimum absolute atomic E-state index is 0.0640. The van der Waals surface area contributed by atoms with Crippen molar-refractivity contribution in [2.24, 2.45) is 0 Å². The molecule has 0 unspecified atom stereocenters. The molecule has 1 fully saturated rings. The fraction of sp³-hybridized carbons (Fsp3) is 0.350. The number of benzene rings is 1. The molecule has 3 aromatic rings. The van der Waals surface area contributed by atoms with E-state index < -0.39 is 10.0 Å². The Bertz CT molecular complexity index is 1190. The molecule has 8 nitrogen and oxygen atoms in total. The third-order valence-electron chi connectivity index (χ3n) is 5.27. The van der Waals surface area contributed by atoms with Crippen molar-refractivity contribution in [3.8, 4) is 5.00 Å². The first-order chi connectivity index (χ1) is 14.3. The summed E-state index contributed by atoms with van der Waals surface area (Å²) in [4.78, 5) is 25.8. The fourth-order valence-electron chi connectivity index (χ4n) is 3.69. The molecule has 0 spiro atoms. The minimum Gasteiger partial charge on any atom is -0.292 e. The Kier molecular flexibility index (Phi) is 5.72. The van der Waals surface area contributed by atoms with Crippen LogP contribution in [0.3, 0.4) is 0 Å². The lowest BCUT2D eigenvalue weighted by Crippen LogP contribution is -2.37. The largest absolute Gasteiger partial charge is 0.351 e. The van der Waals surface area contributed by atoms with Crippen LogP contribution in [0.1, 0.15) is 34.9 Å². The van der Waals surface area contributed by atoms with Gasteiger partial charge in [0.2, 0.25) is 10.0 Å². The predicted molar refractivity (Wildman–Crippen MR) is 115 cm³/mol. The SMILES string of the molecule is CS(=O)(=O)N1CCC(c2nn(CC(=O)c3ccccc3)c(=O)n2-c2cccs2)CC1. The Morgan fingerprint density at radius 1 is 1.13 bits per heavy atom. The number of sulfonamides is 1. The molecule has 0 N–H and O–H groups in total. The van der Waals surface area contributed by atoms with Gasteiger partial charge >= 0.3 is 5.69 Å². The molecular formula is C20H22N4O4S2. The number of aromatic nitrogens is 3. The second kappa shape index (κ2) is 8.29. The van der Waals surface area contributed by atoms with E-state index in [-0.39, 0.29) is 23.9 Å². The highest BCUT2D eigenvalue weighted by atomic mass is 32.2. The number of Topliss-reactive ketones (excluding diaryl/α,β-unsaturated/α-hetero) is 1. The Morgan fingerprint density at radius 2 is 1.83 bits per heavy atom. The molecule has 1 aliphatic rings. The quantitative estimate of drug-likeness (QED) is 0.541. The topological polar surface area (TPSA) is 94.3 Å². The van der Waals surface area contributed by atoms with Gasteiger partial charge in [0.1, 0.15) is 17.4 Å². The number of rotatable bonds is 6. The summed E-state index contributed by atoms with van der Waals surface area (Å²) in [7, 11) is -3.24. The molecule has 1 aliphatic heterocycles. The zero-order chi connectivity index (χ0) is 21.3. The van der Waals surface area contributed by atoms with Crippen LogP contribution in [0.2, 0.25) is 0 Å². The van der Waals surface area contributed by atoms with Crippen molar-refractivity contribution in [2.45, 2.75) is 25.3 Å². The van der Waals surface area contributed by atoms with Crippen LogP contribution in [-0.4, -0.2) is 52.2 Å². The van der Waals surface area contributed by atoms with E-state index in [0.29, 0.717) is 37.3 Å². The second-order valence-corrected chi connectivity index (χ2v) is 10.2. The maximum Gasteiger partial charge on any atom is 0.351 e. The summed E-state index contributed by atoms with van der Waals surface area (Å²) in [5.41, 5.74) is 0.167. The molecule has 10 heteroatoms. The van der Waals surface area contributed by atoms with Crippen LogP contribution in [-0.2, 0) is 16.6 Å². The highest BCUT2D eigenvalue weighted by molar-refractivity contribution is 7.88. The maximum absolute atomic E-state index is 13.1. The third-order valence-corrected chi connectivity index (χ3v) is 7.42. The van der Waals surface area contributed by atoms with Crippen molar-refractivity contribution in [1.29, 1.82) is 0 Å². The summed E-state index contributed by atoms with van der Waals surface area (Å²) in [5, 5.41) is 7.14. The first-order valence-electron chi connectivity index (χ1n) is 9.61. The van der Waals surface area contributed by atoms with E-state index in [2.05, 4.69) is 5.10 Å². The van der Waals surface area contributed by atoms with Gasteiger partial charge in [-0.05, 0) is 30.4 Å². The smallest absolute Gasteiger partial charge is 0.292 e. The van der Waals surface area contributed by atoms with Gasteiger partial charge in [0.25, 0.3) is 0 Å². The lowest BCUT2D eigenvalue weighted by Gasteiger charge is -2.29. The van der Waals surface area contributed by atoms with Gasteiger partial charge in [-0.15, -0.1) is 11.3 Å². The van der Waals surface area contributed by atoms with Gasteiger partial charge in [0, 0.05) is 24.6 Å². The van der Waals surface area contributed by atoms with Crippen LogP contribution in [0, 0.1) is 0 Å². The Hall–Kier alpha value is -2.56. The monoisotopic (exact) mass is 446 g/mol. The molecule has 4 rings (SSSR count). The van der Waals surface area contributed by atoms with Gasteiger partial charge < -0.3 is 0 Å². The third kappa shape index (κ3) is 4.16. The lowest BCUT2D eigenvalue weighted by atomic mass is 9.97. The van der Waals surface area contributed by atoms with Crippen molar-refractivity contribution in [2.75, 3.05) is 19.3 Å². The number of nitrogens with zero attached hydrogens (tertiary/aromatic N) is 4.